The fraction of sp³-hybridized carbons (Fsp3) is 0.412. The highest BCUT2D eigenvalue weighted by Gasteiger charge is 2.18. The van der Waals surface area contributed by atoms with E-state index in [1.807, 2.05) is 17.4 Å². The van der Waals surface area contributed by atoms with Crippen LogP contribution in [-0.2, 0) is 6.54 Å². The van der Waals surface area contributed by atoms with Crippen molar-refractivity contribution < 1.29 is 4.74 Å². The maximum atomic E-state index is 5.31. The molecule has 0 bridgehead atoms. The van der Waals surface area contributed by atoms with Crippen molar-refractivity contribution >= 4 is 17.0 Å². The van der Waals surface area contributed by atoms with Gasteiger partial charge in [-0.15, -0.1) is 11.3 Å². The summed E-state index contributed by atoms with van der Waals surface area (Å²) in [5.74, 6) is 0.934. The number of piperazine rings is 1. The van der Waals surface area contributed by atoms with Gasteiger partial charge in [-0.2, -0.15) is 0 Å². The minimum absolute atomic E-state index is 0.934. The Morgan fingerprint density at radius 3 is 2.57 bits per heavy atom. The number of aryl methyl sites for hydroxylation is 1. The van der Waals surface area contributed by atoms with Gasteiger partial charge in [0.15, 0.2) is 0 Å². The Morgan fingerprint density at radius 2 is 1.90 bits per heavy atom. The predicted molar refractivity (Wildman–Crippen MR) is 89.5 cm³/mol. The molecule has 112 valence electrons. The van der Waals surface area contributed by atoms with E-state index in [0.717, 1.165) is 38.5 Å². The predicted octanol–water partition coefficient (Wildman–Crippen LogP) is 3.39. The molecule has 0 saturated carbocycles. The molecule has 1 aromatic heterocycles. The number of nitrogens with zero attached hydrogens (tertiary/aromatic N) is 2. The molecule has 0 radical (unpaired) electrons. The third-order valence-corrected chi connectivity index (χ3v) is 4.95. The highest BCUT2D eigenvalue weighted by molar-refractivity contribution is 7.11. The molecule has 0 atom stereocenters. The van der Waals surface area contributed by atoms with Crippen LogP contribution in [0.5, 0.6) is 5.75 Å². The number of ether oxygens (including phenoxy) is 1. The van der Waals surface area contributed by atoms with Crippen molar-refractivity contribution in [2.45, 2.75) is 13.5 Å². The van der Waals surface area contributed by atoms with E-state index in [-0.39, 0.29) is 0 Å². The summed E-state index contributed by atoms with van der Waals surface area (Å²) < 4.78 is 5.31. The van der Waals surface area contributed by atoms with Crippen LogP contribution in [0.15, 0.2) is 36.4 Å². The Balaban J connectivity index is 1.57. The standard InChI is InChI=1S/C17H22N2OS/c1-14-6-7-17(21-14)13-18-8-10-19(11-9-18)15-4-3-5-16(12-15)20-2/h3-7,12H,8-11,13H2,1-2H3. The van der Waals surface area contributed by atoms with Crippen molar-refractivity contribution in [2.24, 2.45) is 0 Å². The second kappa shape index (κ2) is 6.50. The number of methoxy groups -OCH3 is 1. The quantitative estimate of drug-likeness (QED) is 0.861. The number of anilines is 1. The van der Waals surface area contributed by atoms with E-state index in [4.69, 9.17) is 4.74 Å². The third-order valence-electron chi connectivity index (χ3n) is 3.97. The molecule has 2 aromatic rings. The zero-order valence-corrected chi connectivity index (χ0v) is 13.5. The first-order chi connectivity index (χ1) is 10.2. The molecular formula is C17H22N2OS. The minimum atomic E-state index is 0.934. The van der Waals surface area contributed by atoms with Gasteiger partial charge in [0.25, 0.3) is 0 Å². The molecule has 1 fully saturated rings. The van der Waals surface area contributed by atoms with E-state index in [1.54, 1.807) is 7.11 Å². The van der Waals surface area contributed by atoms with Crippen molar-refractivity contribution in [1.29, 1.82) is 0 Å². The lowest BCUT2D eigenvalue weighted by atomic mass is 10.2. The first kappa shape index (κ1) is 14.4. The minimum Gasteiger partial charge on any atom is -0.497 e. The van der Waals surface area contributed by atoms with Crippen molar-refractivity contribution in [3.63, 3.8) is 0 Å². The zero-order chi connectivity index (χ0) is 14.7. The molecule has 1 aliphatic heterocycles. The van der Waals surface area contributed by atoms with Crippen LogP contribution in [0.25, 0.3) is 0 Å². The number of hydrogen-bond acceptors (Lipinski definition) is 4. The summed E-state index contributed by atoms with van der Waals surface area (Å²) >= 11 is 1.91. The lowest BCUT2D eigenvalue weighted by Crippen LogP contribution is -2.45. The average molecular weight is 302 g/mol. The lowest BCUT2D eigenvalue weighted by molar-refractivity contribution is 0.252. The summed E-state index contributed by atoms with van der Waals surface area (Å²) in [4.78, 5) is 7.86. The molecule has 1 saturated heterocycles. The van der Waals surface area contributed by atoms with Crippen LogP contribution in [0.1, 0.15) is 9.75 Å². The highest BCUT2D eigenvalue weighted by atomic mass is 32.1. The Kier molecular flexibility index (Phi) is 4.46. The van der Waals surface area contributed by atoms with Gasteiger partial charge < -0.3 is 9.64 Å². The van der Waals surface area contributed by atoms with Gasteiger partial charge >= 0.3 is 0 Å². The zero-order valence-electron chi connectivity index (χ0n) is 12.7. The molecule has 0 amide bonds. The van der Waals surface area contributed by atoms with E-state index in [1.165, 1.54) is 15.4 Å². The molecule has 3 nitrogen and oxygen atoms in total. The van der Waals surface area contributed by atoms with E-state index in [9.17, 15) is 0 Å². The van der Waals surface area contributed by atoms with E-state index < -0.39 is 0 Å². The summed E-state index contributed by atoms with van der Waals surface area (Å²) in [6, 6.07) is 12.8. The largest absolute Gasteiger partial charge is 0.497 e. The Hall–Kier alpha value is -1.52. The fourth-order valence-electron chi connectivity index (χ4n) is 2.76. The van der Waals surface area contributed by atoms with Crippen molar-refractivity contribution in [3.8, 4) is 5.75 Å². The van der Waals surface area contributed by atoms with Gasteiger partial charge in [-0.3, -0.25) is 4.90 Å². The molecule has 21 heavy (non-hydrogen) atoms. The Bertz CT molecular complexity index is 588. The van der Waals surface area contributed by atoms with Crippen LogP contribution >= 0.6 is 11.3 Å². The van der Waals surface area contributed by atoms with Crippen LogP contribution in [-0.4, -0.2) is 38.2 Å². The maximum absolute atomic E-state index is 5.31. The summed E-state index contributed by atoms with van der Waals surface area (Å²) in [7, 11) is 1.72. The number of benzene rings is 1. The van der Waals surface area contributed by atoms with E-state index in [0.29, 0.717) is 0 Å². The molecule has 0 spiro atoms. The van der Waals surface area contributed by atoms with E-state index in [2.05, 4.69) is 47.1 Å². The van der Waals surface area contributed by atoms with Gasteiger partial charge in [-0.05, 0) is 31.2 Å². The topological polar surface area (TPSA) is 15.7 Å². The lowest BCUT2D eigenvalue weighted by Gasteiger charge is -2.36. The molecule has 0 aliphatic carbocycles. The monoisotopic (exact) mass is 302 g/mol. The van der Waals surface area contributed by atoms with Crippen LogP contribution in [0.3, 0.4) is 0 Å². The first-order valence-electron chi connectivity index (χ1n) is 7.41. The van der Waals surface area contributed by atoms with Gasteiger partial charge in [0.1, 0.15) is 5.75 Å². The molecule has 1 aliphatic rings. The number of rotatable bonds is 4. The van der Waals surface area contributed by atoms with Crippen molar-refractivity contribution in [3.05, 3.63) is 46.2 Å². The van der Waals surface area contributed by atoms with Crippen LogP contribution < -0.4 is 9.64 Å². The molecule has 3 rings (SSSR count). The Labute approximate surface area is 130 Å². The molecular weight excluding hydrogens is 280 g/mol. The summed E-state index contributed by atoms with van der Waals surface area (Å²) in [6.07, 6.45) is 0. The molecule has 0 unspecified atom stereocenters. The number of hydrogen-bond donors (Lipinski definition) is 0. The maximum Gasteiger partial charge on any atom is 0.120 e. The first-order valence-corrected chi connectivity index (χ1v) is 8.23. The van der Waals surface area contributed by atoms with Crippen molar-refractivity contribution in [1.82, 2.24) is 4.90 Å². The van der Waals surface area contributed by atoms with Gasteiger partial charge in [-0.25, -0.2) is 0 Å². The van der Waals surface area contributed by atoms with Gasteiger partial charge in [0.05, 0.1) is 7.11 Å². The summed E-state index contributed by atoms with van der Waals surface area (Å²) in [5, 5.41) is 0. The van der Waals surface area contributed by atoms with E-state index >= 15 is 0 Å². The third kappa shape index (κ3) is 3.57. The fourth-order valence-corrected chi connectivity index (χ4v) is 3.69. The normalized spacial score (nSPS) is 16.2. The Morgan fingerprint density at radius 1 is 1.10 bits per heavy atom. The van der Waals surface area contributed by atoms with Gasteiger partial charge in [0.2, 0.25) is 0 Å². The summed E-state index contributed by atoms with van der Waals surface area (Å²) in [5.41, 5.74) is 1.26. The second-order valence-corrected chi connectivity index (χ2v) is 6.85. The van der Waals surface area contributed by atoms with Crippen LogP contribution in [0.4, 0.5) is 5.69 Å². The van der Waals surface area contributed by atoms with Crippen LogP contribution in [0.2, 0.25) is 0 Å². The molecule has 2 heterocycles. The second-order valence-electron chi connectivity index (χ2n) is 5.48. The molecule has 1 aromatic carbocycles. The SMILES string of the molecule is COc1cccc(N2CCN(Cc3ccc(C)s3)CC2)c1. The summed E-state index contributed by atoms with van der Waals surface area (Å²) in [6.45, 7) is 7.66. The van der Waals surface area contributed by atoms with Gasteiger partial charge in [0, 0.05) is 54.2 Å². The number of thiophene rings is 1. The highest BCUT2D eigenvalue weighted by Crippen LogP contribution is 2.23. The molecule has 0 N–H and O–H groups in total. The van der Waals surface area contributed by atoms with Gasteiger partial charge in [-0.1, -0.05) is 6.07 Å². The van der Waals surface area contributed by atoms with Crippen molar-refractivity contribution in [2.75, 3.05) is 38.2 Å². The molecule has 4 heteroatoms. The van der Waals surface area contributed by atoms with Crippen LogP contribution in [0, 0.1) is 6.92 Å². The average Bonchev–Trinajstić information content (AvgIpc) is 2.93. The smallest absolute Gasteiger partial charge is 0.120 e.